The zero-order valence-corrected chi connectivity index (χ0v) is 12.6. The van der Waals surface area contributed by atoms with E-state index in [2.05, 4.69) is 21.2 Å². The maximum absolute atomic E-state index is 12.7. The molecule has 0 saturated heterocycles. The lowest BCUT2D eigenvalue weighted by Crippen LogP contribution is -2.07. The zero-order chi connectivity index (χ0) is 14.5. The van der Waals surface area contributed by atoms with Crippen LogP contribution in [-0.4, -0.2) is 5.91 Å². The molecule has 2 aromatic carbocycles. The highest BCUT2D eigenvalue weighted by Crippen LogP contribution is 2.25. The molecule has 0 aliphatic heterocycles. The molecule has 102 valence electrons. The normalized spacial score (nSPS) is 10.8. The quantitative estimate of drug-likeness (QED) is 0.781. The molecule has 0 aromatic heterocycles. The summed E-state index contributed by atoms with van der Waals surface area (Å²) in [6.45, 7) is 0. The Morgan fingerprint density at radius 2 is 1.90 bits per heavy atom. The first kappa shape index (κ1) is 14.8. The molecular formula is C15H10BrClFNO. The van der Waals surface area contributed by atoms with E-state index < -0.39 is 0 Å². The highest BCUT2D eigenvalue weighted by molar-refractivity contribution is 9.10. The summed E-state index contributed by atoms with van der Waals surface area (Å²) < 4.78 is 13.5. The third kappa shape index (κ3) is 4.18. The van der Waals surface area contributed by atoms with Crippen LogP contribution in [0.5, 0.6) is 0 Å². The lowest BCUT2D eigenvalue weighted by atomic mass is 10.2. The molecule has 0 spiro atoms. The monoisotopic (exact) mass is 353 g/mol. The minimum absolute atomic E-state index is 0.285. The van der Waals surface area contributed by atoms with Gasteiger partial charge in [-0.3, -0.25) is 4.79 Å². The van der Waals surface area contributed by atoms with Crippen molar-refractivity contribution in [3.8, 4) is 0 Å². The van der Waals surface area contributed by atoms with Crippen LogP contribution < -0.4 is 5.32 Å². The summed E-state index contributed by atoms with van der Waals surface area (Å²) in [7, 11) is 0. The Bertz CT molecular complexity index is 655. The number of benzene rings is 2. The molecule has 0 fully saturated rings. The Morgan fingerprint density at radius 1 is 1.20 bits per heavy atom. The van der Waals surface area contributed by atoms with E-state index >= 15 is 0 Å². The molecule has 0 bridgehead atoms. The first-order valence-electron chi connectivity index (χ1n) is 5.74. The van der Waals surface area contributed by atoms with Crippen molar-refractivity contribution in [1.82, 2.24) is 0 Å². The number of carbonyl (C=O) groups excluding carboxylic acids is 1. The molecule has 1 N–H and O–H groups in total. The van der Waals surface area contributed by atoms with Gasteiger partial charge in [0.25, 0.3) is 0 Å². The molecule has 1 amide bonds. The Balaban J connectivity index is 2.01. The van der Waals surface area contributed by atoms with E-state index in [9.17, 15) is 9.18 Å². The van der Waals surface area contributed by atoms with Crippen molar-refractivity contribution >= 4 is 45.2 Å². The van der Waals surface area contributed by atoms with Crippen molar-refractivity contribution < 1.29 is 9.18 Å². The van der Waals surface area contributed by atoms with Gasteiger partial charge in [0.15, 0.2) is 0 Å². The number of hydrogen-bond acceptors (Lipinski definition) is 1. The summed E-state index contributed by atoms with van der Waals surface area (Å²) in [6.07, 6.45) is 2.98. The third-order valence-electron chi connectivity index (χ3n) is 2.48. The minimum Gasteiger partial charge on any atom is -0.322 e. The number of hydrogen-bond donors (Lipinski definition) is 1. The van der Waals surface area contributed by atoms with Crippen LogP contribution in [0.1, 0.15) is 5.56 Å². The number of halogens is 3. The van der Waals surface area contributed by atoms with Gasteiger partial charge in [0, 0.05) is 16.2 Å². The van der Waals surface area contributed by atoms with Crippen LogP contribution in [0.25, 0.3) is 6.08 Å². The Kier molecular flexibility index (Phi) is 4.93. The number of anilines is 1. The summed E-state index contributed by atoms with van der Waals surface area (Å²) in [4.78, 5) is 11.7. The van der Waals surface area contributed by atoms with Crippen LogP contribution in [0.3, 0.4) is 0 Å². The molecule has 0 unspecified atom stereocenters. The van der Waals surface area contributed by atoms with Gasteiger partial charge < -0.3 is 5.32 Å². The summed E-state index contributed by atoms with van der Waals surface area (Å²) >= 11 is 9.21. The first-order valence-corrected chi connectivity index (χ1v) is 6.91. The highest BCUT2D eigenvalue weighted by Gasteiger charge is 2.01. The number of carbonyl (C=O) groups is 1. The van der Waals surface area contributed by atoms with E-state index in [4.69, 9.17) is 11.6 Å². The molecule has 20 heavy (non-hydrogen) atoms. The van der Waals surface area contributed by atoms with Crippen molar-refractivity contribution in [2.45, 2.75) is 0 Å². The maximum atomic E-state index is 12.7. The molecule has 0 atom stereocenters. The molecule has 0 radical (unpaired) electrons. The van der Waals surface area contributed by atoms with Crippen LogP contribution in [0.2, 0.25) is 5.02 Å². The molecule has 2 rings (SSSR count). The summed E-state index contributed by atoms with van der Waals surface area (Å²) in [5, 5.41) is 3.21. The highest BCUT2D eigenvalue weighted by atomic mass is 79.9. The van der Waals surface area contributed by atoms with E-state index in [1.165, 1.54) is 18.2 Å². The number of rotatable bonds is 3. The summed E-state index contributed by atoms with van der Waals surface area (Å²) in [6, 6.07) is 11.0. The minimum atomic E-state index is -0.309. The average Bonchev–Trinajstić information content (AvgIpc) is 2.42. The van der Waals surface area contributed by atoms with Crippen molar-refractivity contribution in [2.24, 2.45) is 0 Å². The van der Waals surface area contributed by atoms with Crippen molar-refractivity contribution in [3.05, 3.63) is 69.4 Å². The average molecular weight is 355 g/mol. The standard InChI is InChI=1S/C15H10BrClFNO/c16-13-7-6-12(9-14(13)17)19-15(20)8-3-10-1-4-11(18)5-2-10/h1-9H,(H,19,20). The van der Waals surface area contributed by atoms with Crippen LogP contribution in [-0.2, 0) is 4.79 Å². The topological polar surface area (TPSA) is 29.1 Å². The molecule has 0 heterocycles. The van der Waals surface area contributed by atoms with Crippen LogP contribution in [0.4, 0.5) is 10.1 Å². The summed E-state index contributed by atoms with van der Waals surface area (Å²) in [5.41, 5.74) is 1.35. The summed E-state index contributed by atoms with van der Waals surface area (Å²) in [5.74, 6) is -0.594. The Morgan fingerprint density at radius 3 is 2.55 bits per heavy atom. The van der Waals surface area contributed by atoms with Gasteiger partial charge in [0.2, 0.25) is 5.91 Å². The second kappa shape index (κ2) is 6.68. The van der Waals surface area contributed by atoms with Crippen LogP contribution in [0.15, 0.2) is 53.0 Å². The zero-order valence-electron chi connectivity index (χ0n) is 10.2. The molecule has 2 aromatic rings. The van der Waals surface area contributed by atoms with E-state index in [0.717, 1.165) is 10.0 Å². The van der Waals surface area contributed by atoms with E-state index in [0.29, 0.717) is 10.7 Å². The van der Waals surface area contributed by atoms with Crippen LogP contribution in [0, 0.1) is 5.82 Å². The lowest BCUT2D eigenvalue weighted by Gasteiger charge is -2.03. The van der Waals surface area contributed by atoms with E-state index in [1.807, 2.05) is 0 Å². The fraction of sp³-hybridized carbons (Fsp3) is 0. The Hall–Kier alpha value is -1.65. The molecule has 0 saturated carbocycles. The van der Waals surface area contributed by atoms with Crippen LogP contribution >= 0.6 is 27.5 Å². The largest absolute Gasteiger partial charge is 0.322 e. The lowest BCUT2D eigenvalue weighted by molar-refractivity contribution is -0.111. The molecular weight excluding hydrogens is 345 g/mol. The van der Waals surface area contributed by atoms with Crippen molar-refractivity contribution in [1.29, 1.82) is 0 Å². The van der Waals surface area contributed by atoms with Gasteiger partial charge in [-0.25, -0.2) is 4.39 Å². The molecule has 5 heteroatoms. The van der Waals surface area contributed by atoms with Crippen molar-refractivity contribution in [2.75, 3.05) is 5.32 Å². The van der Waals surface area contributed by atoms with Gasteiger partial charge >= 0.3 is 0 Å². The smallest absolute Gasteiger partial charge is 0.248 e. The van der Waals surface area contributed by atoms with Gasteiger partial charge in [-0.05, 0) is 57.9 Å². The van der Waals surface area contributed by atoms with E-state index in [-0.39, 0.29) is 11.7 Å². The van der Waals surface area contributed by atoms with E-state index in [1.54, 1.807) is 36.4 Å². The predicted octanol–water partition coefficient (Wildman–Crippen LogP) is 4.89. The maximum Gasteiger partial charge on any atom is 0.248 e. The molecule has 0 aliphatic carbocycles. The fourth-order valence-electron chi connectivity index (χ4n) is 1.50. The first-order chi connectivity index (χ1) is 9.54. The van der Waals surface area contributed by atoms with Gasteiger partial charge in [-0.15, -0.1) is 0 Å². The Labute approximate surface area is 129 Å². The second-order valence-electron chi connectivity index (χ2n) is 4.00. The van der Waals surface area contributed by atoms with Gasteiger partial charge in [-0.1, -0.05) is 23.7 Å². The third-order valence-corrected chi connectivity index (χ3v) is 3.72. The number of nitrogens with one attached hydrogen (secondary N) is 1. The molecule has 2 nitrogen and oxygen atoms in total. The van der Waals surface area contributed by atoms with Crippen molar-refractivity contribution in [3.63, 3.8) is 0 Å². The fourth-order valence-corrected chi connectivity index (χ4v) is 1.93. The van der Waals surface area contributed by atoms with Gasteiger partial charge in [-0.2, -0.15) is 0 Å². The van der Waals surface area contributed by atoms with Gasteiger partial charge in [0.05, 0.1) is 5.02 Å². The predicted molar refractivity (Wildman–Crippen MR) is 83.2 cm³/mol. The molecule has 0 aliphatic rings. The second-order valence-corrected chi connectivity index (χ2v) is 5.26. The number of amides is 1. The van der Waals surface area contributed by atoms with Gasteiger partial charge in [0.1, 0.15) is 5.82 Å². The SMILES string of the molecule is O=C(C=Cc1ccc(F)cc1)Nc1ccc(Br)c(Cl)c1.